The molecule has 4 aromatic rings. The Labute approximate surface area is 210 Å². The Hall–Kier alpha value is -4.26. The van der Waals surface area contributed by atoms with E-state index in [2.05, 4.69) is 22.3 Å². The standard InChI is InChI=1S/C29H29N3O4/c1-3-35-23-15-14-20(18-24(23)36-4-2)28-25-26(21-12-8-9-13-22(21)33)30-31-27(25)29(34)32(28)17-16-19-10-6-5-7-11-19/h5-15,18,28,33H,3-4,16-17H2,1-2H3,(H,30,31). The summed E-state index contributed by atoms with van der Waals surface area (Å²) in [4.78, 5) is 15.5. The number of H-pyrrole nitrogens is 1. The Morgan fingerprint density at radius 1 is 0.944 bits per heavy atom. The van der Waals surface area contributed by atoms with Crippen molar-refractivity contribution in [2.45, 2.75) is 26.3 Å². The van der Waals surface area contributed by atoms with Crippen LogP contribution in [0.1, 0.15) is 47.1 Å². The Kier molecular flexibility index (Phi) is 6.62. The van der Waals surface area contributed by atoms with Crippen molar-refractivity contribution in [1.29, 1.82) is 0 Å². The molecule has 7 heteroatoms. The van der Waals surface area contributed by atoms with Crippen molar-refractivity contribution in [2.75, 3.05) is 19.8 Å². The van der Waals surface area contributed by atoms with Crippen LogP contribution in [-0.2, 0) is 6.42 Å². The maximum Gasteiger partial charge on any atom is 0.273 e. The molecule has 0 saturated heterocycles. The second-order valence-electron chi connectivity index (χ2n) is 8.59. The zero-order valence-electron chi connectivity index (χ0n) is 20.4. The van der Waals surface area contributed by atoms with E-state index in [0.717, 1.165) is 16.7 Å². The van der Waals surface area contributed by atoms with E-state index in [1.54, 1.807) is 12.1 Å². The number of amides is 1. The average molecular weight is 484 g/mol. The van der Waals surface area contributed by atoms with E-state index in [4.69, 9.17) is 9.47 Å². The lowest BCUT2D eigenvalue weighted by Crippen LogP contribution is -2.31. The fraction of sp³-hybridized carbons (Fsp3) is 0.241. The topological polar surface area (TPSA) is 87.7 Å². The van der Waals surface area contributed by atoms with Gasteiger partial charge in [0.15, 0.2) is 11.5 Å². The molecule has 36 heavy (non-hydrogen) atoms. The first-order valence-electron chi connectivity index (χ1n) is 12.2. The highest BCUT2D eigenvalue weighted by molar-refractivity contribution is 6.00. The largest absolute Gasteiger partial charge is 0.507 e. The summed E-state index contributed by atoms with van der Waals surface area (Å²) in [6, 6.07) is 22.6. The molecule has 1 atom stereocenters. The molecule has 1 amide bonds. The number of ether oxygens (including phenoxy) is 2. The SMILES string of the molecule is CCOc1ccc(C2c3c(-c4ccccc4O)n[nH]c3C(=O)N2CCc2ccccc2)cc1OCC. The summed E-state index contributed by atoms with van der Waals surface area (Å²) in [5.74, 6) is 1.29. The van der Waals surface area contributed by atoms with E-state index >= 15 is 0 Å². The third-order valence-electron chi connectivity index (χ3n) is 6.39. The second kappa shape index (κ2) is 10.2. The van der Waals surface area contributed by atoms with Gasteiger partial charge >= 0.3 is 0 Å². The van der Waals surface area contributed by atoms with Gasteiger partial charge in [-0.15, -0.1) is 0 Å². The summed E-state index contributed by atoms with van der Waals surface area (Å²) >= 11 is 0. The van der Waals surface area contributed by atoms with Crippen LogP contribution in [0.15, 0.2) is 72.8 Å². The monoisotopic (exact) mass is 483 g/mol. The number of phenols is 1. The number of phenolic OH excluding ortho intramolecular Hbond substituents is 1. The number of aromatic nitrogens is 2. The molecule has 1 aliphatic rings. The third-order valence-corrected chi connectivity index (χ3v) is 6.39. The molecule has 0 fully saturated rings. The smallest absolute Gasteiger partial charge is 0.273 e. The number of nitrogens with one attached hydrogen (secondary N) is 1. The minimum atomic E-state index is -0.403. The lowest BCUT2D eigenvalue weighted by molar-refractivity contribution is 0.0745. The molecule has 2 heterocycles. The second-order valence-corrected chi connectivity index (χ2v) is 8.59. The van der Waals surface area contributed by atoms with Crippen molar-refractivity contribution in [3.8, 4) is 28.5 Å². The molecule has 0 bridgehead atoms. The summed E-state index contributed by atoms with van der Waals surface area (Å²) in [5, 5.41) is 18.0. The van der Waals surface area contributed by atoms with Crippen molar-refractivity contribution >= 4 is 5.91 Å². The zero-order chi connectivity index (χ0) is 25.1. The maximum absolute atomic E-state index is 13.6. The minimum absolute atomic E-state index is 0.113. The van der Waals surface area contributed by atoms with Crippen LogP contribution in [0.2, 0.25) is 0 Å². The fourth-order valence-electron chi connectivity index (χ4n) is 4.79. The van der Waals surface area contributed by atoms with Gasteiger partial charge in [-0.25, -0.2) is 0 Å². The van der Waals surface area contributed by atoms with Crippen molar-refractivity contribution in [3.63, 3.8) is 0 Å². The maximum atomic E-state index is 13.6. The fourth-order valence-corrected chi connectivity index (χ4v) is 4.79. The van der Waals surface area contributed by atoms with Crippen LogP contribution in [-0.4, -0.2) is 45.9 Å². The number of nitrogens with zero attached hydrogens (tertiary/aromatic N) is 2. The van der Waals surface area contributed by atoms with E-state index in [-0.39, 0.29) is 11.7 Å². The number of aromatic hydroxyl groups is 1. The number of para-hydroxylation sites is 1. The van der Waals surface area contributed by atoms with Crippen molar-refractivity contribution in [2.24, 2.45) is 0 Å². The molecule has 1 aromatic heterocycles. The van der Waals surface area contributed by atoms with Gasteiger partial charge in [0.1, 0.15) is 17.1 Å². The van der Waals surface area contributed by atoms with Crippen LogP contribution in [0.25, 0.3) is 11.3 Å². The highest BCUT2D eigenvalue weighted by Gasteiger charge is 2.42. The van der Waals surface area contributed by atoms with E-state index in [0.29, 0.717) is 54.6 Å². The lowest BCUT2D eigenvalue weighted by Gasteiger charge is -2.27. The molecule has 1 unspecified atom stereocenters. The predicted octanol–water partition coefficient (Wildman–Crippen LogP) is 5.37. The zero-order valence-corrected chi connectivity index (χ0v) is 20.4. The van der Waals surface area contributed by atoms with Gasteiger partial charge in [-0.1, -0.05) is 48.5 Å². The molecule has 5 rings (SSSR count). The molecular formula is C29H29N3O4. The first-order valence-corrected chi connectivity index (χ1v) is 12.2. The number of fused-ring (bicyclic) bond motifs is 1. The van der Waals surface area contributed by atoms with Crippen LogP contribution in [0.3, 0.4) is 0 Å². The molecule has 1 aliphatic heterocycles. The average Bonchev–Trinajstić information content (AvgIpc) is 3.44. The third kappa shape index (κ3) is 4.28. The predicted molar refractivity (Wildman–Crippen MR) is 137 cm³/mol. The molecule has 3 aromatic carbocycles. The van der Waals surface area contributed by atoms with E-state index < -0.39 is 6.04 Å². The van der Waals surface area contributed by atoms with Gasteiger partial charge in [0.2, 0.25) is 0 Å². The Morgan fingerprint density at radius 2 is 1.67 bits per heavy atom. The molecule has 0 aliphatic carbocycles. The van der Waals surface area contributed by atoms with Crippen LogP contribution in [0, 0.1) is 0 Å². The summed E-state index contributed by atoms with van der Waals surface area (Å²) in [7, 11) is 0. The van der Waals surface area contributed by atoms with Crippen LogP contribution in [0.4, 0.5) is 0 Å². The minimum Gasteiger partial charge on any atom is -0.507 e. The number of rotatable bonds is 9. The highest BCUT2D eigenvalue weighted by atomic mass is 16.5. The van der Waals surface area contributed by atoms with Crippen LogP contribution in [0.5, 0.6) is 17.2 Å². The first-order chi connectivity index (χ1) is 17.6. The molecule has 184 valence electrons. The van der Waals surface area contributed by atoms with Crippen molar-refractivity contribution in [3.05, 3.63) is 95.2 Å². The Morgan fingerprint density at radius 3 is 2.42 bits per heavy atom. The van der Waals surface area contributed by atoms with Gasteiger partial charge in [-0.2, -0.15) is 5.10 Å². The quantitative estimate of drug-likeness (QED) is 0.334. The molecular weight excluding hydrogens is 454 g/mol. The van der Waals surface area contributed by atoms with Gasteiger partial charge in [0.05, 0.1) is 19.3 Å². The van der Waals surface area contributed by atoms with Crippen molar-refractivity contribution < 1.29 is 19.4 Å². The van der Waals surface area contributed by atoms with Gasteiger partial charge in [-0.3, -0.25) is 9.89 Å². The summed E-state index contributed by atoms with van der Waals surface area (Å²) in [5.41, 5.74) is 4.38. The normalized spacial score (nSPS) is 14.7. The van der Waals surface area contributed by atoms with Crippen molar-refractivity contribution in [1.82, 2.24) is 15.1 Å². The van der Waals surface area contributed by atoms with E-state index in [1.807, 2.05) is 67.3 Å². The number of benzene rings is 3. The van der Waals surface area contributed by atoms with Crippen LogP contribution >= 0.6 is 0 Å². The highest BCUT2D eigenvalue weighted by Crippen LogP contribution is 2.45. The number of carbonyl (C=O) groups is 1. The van der Waals surface area contributed by atoms with Crippen LogP contribution < -0.4 is 9.47 Å². The number of aromatic amines is 1. The summed E-state index contributed by atoms with van der Waals surface area (Å²) in [6.45, 7) is 5.39. The van der Waals surface area contributed by atoms with Gasteiger partial charge < -0.3 is 19.5 Å². The van der Waals surface area contributed by atoms with E-state index in [9.17, 15) is 9.90 Å². The molecule has 7 nitrogen and oxygen atoms in total. The van der Waals surface area contributed by atoms with Gasteiger partial charge in [0.25, 0.3) is 5.91 Å². The number of hydrogen-bond donors (Lipinski definition) is 2. The van der Waals surface area contributed by atoms with Gasteiger partial charge in [-0.05, 0) is 55.7 Å². The number of carbonyl (C=O) groups excluding carboxylic acids is 1. The first kappa shape index (κ1) is 23.5. The molecule has 0 saturated carbocycles. The molecule has 0 radical (unpaired) electrons. The summed E-state index contributed by atoms with van der Waals surface area (Å²) in [6.07, 6.45) is 0.710. The van der Waals surface area contributed by atoms with E-state index in [1.165, 1.54) is 0 Å². The Balaban J connectivity index is 1.61. The Bertz CT molecular complexity index is 1370. The molecule has 2 N–H and O–H groups in total. The lowest BCUT2D eigenvalue weighted by atomic mass is 9.95. The van der Waals surface area contributed by atoms with Gasteiger partial charge in [0, 0.05) is 17.7 Å². The molecule has 0 spiro atoms. The summed E-state index contributed by atoms with van der Waals surface area (Å²) < 4.78 is 11.7. The number of hydrogen-bond acceptors (Lipinski definition) is 5.